The second kappa shape index (κ2) is 7.33. The van der Waals surface area contributed by atoms with Crippen LogP contribution < -0.4 is 0 Å². The highest BCUT2D eigenvalue weighted by Gasteiger charge is 2.29. The highest BCUT2D eigenvalue weighted by Crippen LogP contribution is 2.35. The Labute approximate surface area is 178 Å². The van der Waals surface area contributed by atoms with Crippen molar-refractivity contribution in [2.45, 2.75) is 32.1 Å². The number of benzene rings is 2. The first-order valence-electron chi connectivity index (χ1n) is 9.99. The summed E-state index contributed by atoms with van der Waals surface area (Å²) >= 11 is 6.06. The highest BCUT2D eigenvalue weighted by molar-refractivity contribution is 6.30. The molecule has 1 aliphatic rings. The molecule has 0 saturated heterocycles. The number of carbonyl (C=O) groups is 1. The molecule has 0 N–H and O–H groups in total. The number of nitrogens with zero attached hydrogens (tertiary/aromatic N) is 3. The van der Waals surface area contributed by atoms with Crippen molar-refractivity contribution in [1.82, 2.24) is 14.6 Å². The van der Waals surface area contributed by atoms with Gasteiger partial charge in [0.25, 0.3) is 0 Å². The van der Waals surface area contributed by atoms with Crippen molar-refractivity contribution in [3.8, 4) is 11.1 Å². The summed E-state index contributed by atoms with van der Waals surface area (Å²) in [6, 6.07) is 14.0. The lowest BCUT2D eigenvalue weighted by molar-refractivity contribution is 0.0962. The summed E-state index contributed by atoms with van der Waals surface area (Å²) in [4.78, 5) is 17.8. The number of rotatable bonds is 3. The minimum atomic E-state index is -0.278. The number of fused-ring (bicyclic) bond motifs is 2. The number of carbonyl (C=O) groups excluding carboxylic acids is 1. The Hall–Kier alpha value is -3.05. The minimum absolute atomic E-state index is 0.00639. The largest absolute Gasteiger partial charge is 0.294 e. The summed E-state index contributed by atoms with van der Waals surface area (Å²) in [5.74, 6) is -0.241. The van der Waals surface area contributed by atoms with E-state index in [0.717, 1.165) is 40.1 Å². The van der Waals surface area contributed by atoms with E-state index >= 15 is 0 Å². The van der Waals surface area contributed by atoms with E-state index in [2.05, 4.69) is 12.0 Å². The highest BCUT2D eigenvalue weighted by atomic mass is 35.5. The maximum atomic E-state index is 13.3. The number of halogens is 2. The Kier molecular flexibility index (Phi) is 4.63. The van der Waals surface area contributed by atoms with Gasteiger partial charge in [-0.3, -0.25) is 4.79 Å². The molecule has 0 radical (unpaired) electrons. The van der Waals surface area contributed by atoms with E-state index in [9.17, 15) is 9.18 Å². The zero-order valence-corrected chi connectivity index (χ0v) is 17.2. The van der Waals surface area contributed by atoms with Crippen LogP contribution in [0.4, 0.5) is 4.39 Å². The zero-order chi connectivity index (χ0) is 20.8. The predicted molar refractivity (Wildman–Crippen MR) is 115 cm³/mol. The average Bonchev–Trinajstić information content (AvgIpc) is 3.11. The molecular formula is C24H19ClFN3O. The summed E-state index contributed by atoms with van der Waals surface area (Å²) in [6.07, 6.45) is 3.57. The molecule has 0 spiro atoms. The van der Waals surface area contributed by atoms with Gasteiger partial charge in [-0.1, -0.05) is 42.8 Å². The first-order chi connectivity index (χ1) is 14.5. The van der Waals surface area contributed by atoms with Crippen LogP contribution in [0.2, 0.25) is 5.02 Å². The van der Waals surface area contributed by atoms with Gasteiger partial charge in [-0.2, -0.15) is 5.10 Å². The molecule has 0 amide bonds. The molecule has 2 aromatic carbocycles. The first-order valence-corrected chi connectivity index (χ1v) is 10.4. The lowest BCUT2D eigenvalue weighted by atomic mass is 9.82. The quantitative estimate of drug-likeness (QED) is 0.430. The number of ketones is 1. The van der Waals surface area contributed by atoms with Crippen LogP contribution in [0.15, 0.2) is 54.7 Å². The van der Waals surface area contributed by atoms with E-state index in [1.165, 1.54) is 12.1 Å². The van der Waals surface area contributed by atoms with E-state index in [1.807, 2.05) is 24.3 Å². The van der Waals surface area contributed by atoms with Crippen molar-refractivity contribution in [2.24, 2.45) is 0 Å². The Bertz CT molecular complexity index is 1260. The van der Waals surface area contributed by atoms with Crippen molar-refractivity contribution in [3.63, 3.8) is 0 Å². The van der Waals surface area contributed by atoms with E-state index in [0.29, 0.717) is 23.4 Å². The summed E-state index contributed by atoms with van der Waals surface area (Å²) in [7, 11) is 0. The topological polar surface area (TPSA) is 47.3 Å². The third-order valence-corrected chi connectivity index (χ3v) is 5.99. The van der Waals surface area contributed by atoms with Gasteiger partial charge in [0.15, 0.2) is 11.4 Å². The molecule has 6 heteroatoms. The van der Waals surface area contributed by atoms with Crippen LogP contribution in [0.3, 0.4) is 0 Å². The molecule has 30 heavy (non-hydrogen) atoms. The maximum Gasteiger partial charge on any atom is 0.166 e. The Balaban J connectivity index is 1.63. The summed E-state index contributed by atoms with van der Waals surface area (Å²) in [6.45, 7) is 2.05. The average molecular weight is 420 g/mol. The number of aromatic nitrogens is 3. The zero-order valence-electron chi connectivity index (χ0n) is 16.4. The molecule has 0 saturated carbocycles. The summed E-state index contributed by atoms with van der Waals surface area (Å²) in [5.41, 5.74) is 5.97. The fraction of sp³-hybridized carbons (Fsp3) is 0.208. The van der Waals surface area contributed by atoms with Crippen molar-refractivity contribution >= 4 is 23.0 Å². The lowest BCUT2D eigenvalue weighted by Crippen LogP contribution is -2.21. The fourth-order valence-corrected chi connectivity index (χ4v) is 4.34. The Morgan fingerprint density at radius 2 is 1.83 bits per heavy atom. The molecular weight excluding hydrogens is 401 g/mol. The molecule has 150 valence electrons. The van der Waals surface area contributed by atoms with Gasteiger partial charge < -0.3 is 0 Å². The minimum Gasteiger partial charge on any atom is -0.294 e. The standard InChI is InChI=1S/C24H19ClFN3O/c1-2-20-23(15-3-7-17(25)8-4-15)24-27-21-11-16(14-5-9-18(26)10-6-14)12-22(30)19(21)13-29(24)28-20/h3-10,13,16H,2,11-12H2,1H3. The molecule has 1 aliphatic carbocycles. The van der Waals surface area contributed by atoms with Gasteiger partial charge in [-0.25, -0.2) is 13.9 Å². The van der Waals surface area contributed by atoms with E-state index < -0.39 is 0 Å². The van der Waals surface area contributed by atoms with Crippen molar-refractivity contribution in [1.29, 1.82) is 0 Å². The molecule has 2 aromatic heterocycles. The Morgan fingerprint density at radius 3 is 2.53 bits per heavy atom. The summed E-state index contributed by atoms with van der Waals surface area (Å²) < 4.78 is 15.0. The van der Waals surface area contributed by atoms with Gasteiger partial charge in [0.1, 0.15) is 5.82 Å². The van der Waals surface area contributed by atoms with Gasteiger partial charge in [-0.15, -0.1) is 0 Å². The van der Waals surface area contributed by atoms with Crippen molar-refractivity contribution < 1.29 is 9.18 Å². The van der Waals surface area contributed by atoms with Crippen LogP contribution in [0.5, 0.6) is 0 Å². The SMILES string of the molecule is CCc1nn2cc3c(nc2c1-c1ccc(Cl)cc1)CC(c1ccc(F)cc1)CC3=O. The van der Waals surface area contributed by atoms with Crippen molar-refractivity contribution in [2.75, 3.05) is 0 Å². The van der Waals surface area contributed by atoms with E-state index in [1.54, 1.807) is 22.8 Å². The molecule has 4 nitrogen and oxygen atoms in total. The number of hydrogen-bond acceptors (Lipinski definition) is 3. The van der Waals surface area contributed by atoms with Crippen LogP contribution in [0.25, 0.3) is 16.8 Å². The fourth-order valence-electron chi connectivity index (χ4n) is 4.21. The molecule has 0 fully saturated rings. The number of Topliss-reactive ketones (excluding diaryl/α,β-unsaturated/α-hetero) is 1. The predicted octanol–water partition coefficient (Wildman–Crippen LogP) is 5.66. The smallest absolute Gasteiger partial charge is 0.166 e. The molecule has 0 bridgehead atoms. The third-order valence-electron chi connectivity index (χ3n) is 5.74. The number of aryl methyl sites for hydroxylation is 1. The van der Waals surface area contributed by atoms with Crippen LogP contribution >= 0.6 is 11.6 Å². The van der Waals surface area contributed by atoms with E-state index in [-0.39, 0.29) is 17.5 Å². The van der Waals surface area contributed by atoms with Crippen LogP contribution in [0, 0.1) is 5.82 Å². The normalized spacial score (nSPS) is 16.1. The molecule has 2 heterocycles. The number of hydrogen-bond donors (Lipinski definition) is 0. The second-order valence-corrected chi connectivity index (χ2v) is 8.07. The second-order valence-electron chi connectivity index (χ2n) is 7.63. The molecule has 4 aromatic rings. The van der Waals surface area contributed by atoms with Crippen LogP contribution in [0.1, 0.15) is 46.6 Å². The lowest BCUT2D eigenvalue weighted by Gasteiger charge is -2.23. The van der Waals surface area contributed by atoms with Gasteiger partial charge in [0.2, 0.25) is 0 Å². The molecule has 1 atom stereocenters. The molecule has 5 rings (SSSR count). The van der Waals surface area contributed by atoms with Gasteiger partial charge in [-0.05, 0) is 54.2 Å². The van der Waals surface area contributed by atoms with Crippen LogP contribution in [-0.4, -0.2) is 20.4 Å². The molecule has 0 aliphatic heterocycles. The Morgan fingerprint density at radius 1 is 1.10 bits per heavy atom. The van der Waals surface area contributed by atoms with Crippen LogP contribution in [-0.2, 0) is 12.8 Å². The van der Waals surface area contributed by atoms with Gasteiger partial charge in [0.05, 0.1) is 17.0 Å². The molecule has 1 unspecified atom stereocenters. The summed E-state index contributed by atoms with van der Waals surface area (Å²) in [5, 5.41) is 5.36. The van der Waals surface area contributed by atoms with E-state index in [4.69, 9.17) is 16.6 Å². The monoisotopic (exact) mass is 419 g/mol. The first kappa shape index (κ1) is 18.9. The van der Waals surface area contributed by atoms with Gasteiger partial charge in [0, 0.05) is 23.2 Å². The van der Waals surface area contributed by atoms with Gasteiger partial charge >= 0.3 is 0 Å². The van der Waals surface area contributed by atoms with Crippen molar-refractivity contribution in [3.05, 3.63) is 88.1 Å². The maximum absolute atomic E-state index is 13.3. The third kappa shape index (κ3) is 3.19.